The smallest absolute Gasteiger partial charge is 0.340 e. The van der Waals surface area contributed by atoms with Crippen molar-refractivity contribution in [3.8, 4) is 17.2 Å². The number of hydrogen-bond acceptors (Lipinski definition) is 7. The molecule has 194 valence electrons. The zero-order valence-electron chi connectivity index (χ0n) is 21.1. The highest BCUT2D eigenvalue weighted by atomic mass is 32.2. The van der Waals surface area contributed by atoms with Crippen molar-refractivity contribution in [2.45, 2.75) is 18.4 Å². The Kier molecular flexibility index (Phi) is 9.26. The van der Waals surface area contributed by atoms with E-state index in [1.807, 2.05) is 61.5 Å². The Balaban J connectivity index is 1.32. The van der Waals surface area contributed by atoms with Gasteiger partial charge >= 0.3 is 5.97 Å². The van der Waals surface area contributed by atoms with Crippen molar-refractivity contribution in [2.24, 2.45) is 0 Å². The van der Waals surface area contributed by atoms with Gasteiger partial charge < -0.3 is 24.2 Å². The lowest BCUT2D eigenvalue weighted by atomic mass is 10.1. The van der Waals surface area contributed by atoms with Crippen molar-refractivity contribution >= 4 is 29.5 Å². The third-order valence-corrected chi connectivity index (χ3v) is 6.29. The Morgan fingerprint density at radius 2 is 1.53 bits per heavy atom. The summed E-state index contributed by atoms with van der Waals surface area (Å²) in [5.74, 6) is 1.06. The number of methoxy groups -OCH3 is 1. The molecule has 0 aliphatic rings. The molecule has 0 atom stereocenters. The summed E-state index contributed by atoms with van der Waals surface area (Å²) < 4.78 is 19.6. The lowest BCUT2D eigenvalue weighted by molar-refractivity contribution is -0.123. The Hall–Kier alpha value is -4.43. The summed E-state index contributed by atoms with van der Waals surface area (Å²) in [4.78, 5) is 25.5. The van der Waals surface area contributed by atoms with Crippen LogP contribution in [0.3, 0.4) is 0 Å². The quantitative estimate of drug-likeness (QED) is 0.172. The minimum absolute atomic E-state index is 0.0535. The minimum atomic E-state index is -0.468. The molecule has 0 unspecified atom stereocenters. The topological polar surface area (TPSA) is 85.9 Å². The average molecular weight is 529 g/mol. The van der Waals surface area contributed by atoms with E-state index in [-0.39, 0.29) is 12.5 Å². The second-order valence-electron chi connectivity index (χ2n) is 8.34. The van der Waals surface area contributed by atoms with Crippen LogP contribution in [0.2, 0.25) is 0 Å². The highest BCUT2D eigenvalue weighted by molar-refractivity contribution is 8.00. The number of rotatable bonds is 11. The molecule has 0 saturated heterocycles. The first-order valence-corrected chi connectivity index (χ1v) is 12.7. The van der Waals surface area contributed by atoms with E-state index in [4.69, 9.17) is 14.2 Å². The largest absolute Gasteiger partial charge is 0.484 e. The lowest BCUT2D eigenvalue weighted by Crippen LogP contribution is -2.28. The molecule has 4 rings (SSSR count). The van der Waals surface area contributed by atoms with Crippen molar-refractivity contribution in [2.75, 3.05) is 18.4 Å². The number of esters is 1. The Bertz CT molecular complexity index is 1360. The van der Waals surface area contributed by atoms with Crippen molar-refractivity contribution in [3.05, 3.63) is 114 Å². The van der Waals surface area contributed by atoms with Crippen LogP contribution in [0.25, 0.3) is 0 Å². The van der Waals surface area contributed by atoms with E-state index >= 15 is 0 Å². The number of amides is 1. The Morgan fingerprint density at radius 3 is 2.24 bits per heavy atom. The summed E-state index contributed by atoms with van der Waals surface area (Å²) in [5, 5.41) is 2.83. The molecule has 0 bridgehead atoms. The van der Waals surface area contributed by atoms with Gasteiger partial charge in [-0.05, 0) is 79.0 Å². The predicted octanol–water partition coefficient (Wildman–Crippen LogP) is 6.39. The number of anilines is 1. The van der Waals surface area contributed by atoms with Crippen LogP contribution in [0.4, 0.5) is 5.69 Å². The number of nitrogens with one attached hydrogen (secondary N) is 2. The summed E-state index contributed by atoms with van der Waals surface area (Å²) in [7, 11) is 1.35. The second kappa shape index (κ2) is 13.2. The minimum Gasteiger partial charge on any atom is -0.484 e. The van der Waals surface area contributed by atoms with Crippen LogP contribution >= 0.6 is 11.9 Å². The van der Waals surface area contributed by atoms with Crippen molar-refractivity contribution in [1.82, 2.24) is 5.32 Å². The zero-order chi connectivity index (χ0) is 26.7. The molecule has 2 N–H and O–H groups in total. The van der Waals surface area contributed by atoms with Gasteiger partial charge in [0.1, 0.15) is 17.2 Å². The lowest BCUT2D eigenvalue weighted by Gasteiger charge is -2.13. The van der Waals surface area contributed by atoms with Gasteiger partial charge in [0, 0.05) is 11.4 Å². The van der Waals surface area contributed by atoms with Crippen molar-refractivity contribution < 1.29 is 23.8 Å². The van der Waals surface area contributed by atoms with E-state index < -0.39 is 5.97 Å². The van der Waals surface area contributed by atoms with Gasteiger partial charge in [-0.25, -0.2) is 4.79 Å². The molecular weight excluding hydrogens is 500 g/mol. The first-order valence-electron chi connectivity index (χ1n) is 11.9. The zero-order valence-corrected chi connectivity index (χ0v) is 21.9. The number of carbonyl (C=O) groups excluding carboxylic acids is 2. The number of aryl methyl sites for hydroxylation is 1. The molecule has 0 heterocycles. The molecule has 0 aliphatic heterocycles. The Labute approximate surface area is 226 Å². The number of carbonyl (C=O) groups is 2. The molecule has 0 fully saturated rings. The number of hydrogen-bond donors (Lipinski definition) is 2. The number of ether oxygens (including phenoxy) is 3. The van der Waals surface area contributed by atoms with E-state index in [9.17, 15) is 9.59 Å². The van der Waals surface area contributed by atoms with E-state index in [2.05, 4.69) is 10.0 Å². The molecular formula is C30H28N2O5S. The molecule has 0 aliphatic carbocycles. The second-order valence-corrected chi connectivity index (χ2v) is 9.22. The van der Waals surface area contributed by atoms with Crippen LogP contribution < -0.4 is 19.5 Å². The highest BCUT2D eigenvalue weighted by Gasteiger charge is 2.14. The van der Waals surface area contributed by atoms with E-state index in [0.29, 0.717) is 35.0 Å². The van der Waals surface area contributed by atoms with Crippen LogP contribution in [0.1, 0.15) is 21.5 Å². The first-order chi connectivity index (χ1) is 18.5. The maximum Gasteiger partial charge on any atom is 0.340 e. The monoisotopic (exact) mass is 528 g/mol. The van der Waals surface area contributed by atoms with Gasteiger partial charge in [0.25, 0.3) is 5.91 Å². The molecule has 7 nitrogen and oxygen atoms in total. The van der Waals surface area contributed by atoms with Gasteiger partial charge in [0.05, 0.1) is 18.4 Å². The molecule has 38 heavy (non-hydrogen) atoms. The van der Waals surface area contributed by atoms with Gasteiger partial charge in [-0.2, -0.15) is 0 Å². The molecule has 1 amide bonds. The van der Waals surface area contributed by atoms with Gasteiger partial charge in [-0.3, -0.25) is 4.79 Å². The van der Waals surface area contributed by atoms with Gasteiger partial charge in [0.2, 0.25) is 0 Å². The van der Waals surface area contributed by atoms with Crippen LogP contribution in [-0.4, -0.2) is 25.6 Å². The third-order valence-electron chi connectivity index (χ3n) is 5.46. The van der Waals surface area contributed by atoms with Crippen LogP contribution in [0.15, 0.2) is 102 Å². The molecule has 0 radical (unpaired) electrons. The first kappa shape index (κ1) is 26.6. The maximum absolute atomic E-state index is 12.4. The standard InChI is InChI=1S/C30H28N2O5S/c1-21-8-15-26(16-9-21)38-32-28-17-14-25(18-27(28)30(34)35-2)37-24-12-10-22(11-13-24)19-31-29(33)20-36-23-6-4-3-5-7-23/h3-18,32H,19-20H2,1-2H3,(H,31,33). The summed E-state index contributed by atoms with van der Waals surface area (Å²) in [6, 6.07) is 29.8. The summed E-state index contributed by atoms with van der Waals surface area (Å²) in [6.45, 7) is 2.34. The maximum atomic E-state index is 12.4. The van der Waals surface area contributed by atoms with E-state index in [1.165, 1.54) is 24.6 Å². The van der Waals surface area contributed by atoms with Crippen LogP contribution in [-0.2, 0) is 16.1 Å². The fraction of sp³-hybridized carbons (Fsp3) is 0.133. The van der Waals surface area contributed by atoms with Crippen molar-refractivity contribution in [1.29, 1.82) is 0 Å². The number of para-hydroxylation sites is 1. The fourth-order valence-electron chi connectivity index (χ4n) is 3.40. The van der Waals surface area contributed by atoms with Crippen LogP contribution in [0, 0.1) is 6.92 Å². The van der Waals surface area contributed by atoms with Crippen LogP contribution in [0.5, 0.6) is 17.2 Å². The van der Waals surface area contributed by atoms with Gasteiger partial charge in [-0.15, -0.1) is 0 Å². The van der Waals surface area contributed by atoms with Gasteiger partial charge in [0.15, 0.2) is 6.61 Å². The summed E-state index contributed by atoms with van der Waals surface area (Å²) in [5.41, 5.74) is 3.07. The molecule has 0 saturated carbocycles. The fourth-order valence-corrected chi connectivity index (χ4v) is 4.08. The molecule has 0 aromatic heterocycles. The third kappa shape index (κ3) is 7.78. The average Bonchev–Trinajstić information content (AvgIpc) is 2.96. The Morgan fingerprint density at radius 1 is 0.816 bits per heavy atom. The van der Waals surface area contributed by atoms with E-state index in [0.717, 1.165) is 10.5 Å². The van der Waals surface area contributed by atoms with E-state index in [1.54, 1.807) is 42.5 Å². The predicted molar refractivity (Wildman–Crippen MR) is 149 cm³/mol. The molecule has 0 spiro atoms. The summed E-state index contributed by atoms with van der Waals surface area (Å²) >= 11 is 1.41. The SMILES string of the molecule is COC(=O)c1cc(Oc2ccc(CNC(=O)COc3ccccc3)cc2)ccc1NSc1ccc(C)cc1. The number of benzene rings is 4. The normalized spacial score (nSPS) is 10.4. The van der Waals surface area contributed by atoms with Gasteiger partial charge in [-0.1, -0.05) is 48.0 Å². The molecule has 4 aromatic carbocycles. The molecule has 4 aromatic rings. The highest BCUT2D eigenvalue weighted by Crippen LogP contribution is 2.30. The molecule has 8 heteroatoms. The summed E-state index contributed by atoms with van der Waals surface area (Å²) in [6.07, 6.45) is 0. The van der Waals surface area contributed by atoms with Crippen molar-refractivity contribution in [3.63, 3.8) is 0 Å².